The number of carbonyl (C=O) groups is 1. The Morgan fingerprint density at radius 1 is 1.52 bits per heavy atom. The molecule has 0 aliphatic carbocycles. The van der Waals surface area contributed by atoms with E-state index in [0.717, 1.165) is 5.56 Å². The summed E-state index contributed by atoms with van der Waals surface area (Å²) in [5.41, 5.74) is 7.39. The van der Waals surface area contributed by atoms with Gasteiger partial charge in [-0.15, -0.1) is 0 Å². The average molecular weight is 303 g/mol. The molecule has 1 heterocycles. The van der Waals surface area contributed by atoms with Gasteiger partial charge in [-0.05, 0) is 18.2 Å². The number of halogens is 1. The standard InChI is InChI=1S/C15H15ClN4O/c1-20-10-11(9-19-20)8-18-15(21)13-5-4-12(3-2-6-17)14(16)7-13/h4-5,7,9-10H,6,8,17H2,1H3,(H,18,21). The predicted octanol–water partition coefficient (Wildman–Crippen LogP) is 1.31. The summed E-state index contributed by atoms with van der Waals surface area (Å²) in [4.78, 5) is 12.0. The second kappa shape index (κ2) is 6.93. The molecule has 5 nitrogen and oxygen atoms in total. The minimum Gasteiger partial charge on any atom is -0.348 e. The zero-order valence-electron chi connectivity index (χ0n) is 11.6. The first kappa shape index (κ1) is 15.1. The Labute approximate surface area is 128 Å². The summed E-state index contributed by atoms with van der Waals surface area (Å²) in [5, 5.41) is 7.29. The number of nitrogens with two attached hydrogens (primary N) is 1. The van der Waals surface area contributed by atoms with Crippen molar-refractivity contribution in [3.05, 3.63) is 52.3 Å². The van der Waals surface area contributed by atoms with Crippen LogP contribution in [0.2, 0.25) is 5.02 Å². The lowest BCUT2D eigenvalue weighted by Crippen LogP contribution is -2.22. The number of benzene rings is 1. The van der Waals surface area contributed by atoms with Gasteiger partial charge < -0.3 is 11.1 Å². The molecule has 0 saturated heterocycles. The van der Waals surface area contributed by atoms with Crippen LogP contribution >= 0.6 is 11.6 Å². The van der Waals surface area contributed by atoms with Gasteiger partial charge in [0.2, 0.25) is 0 Å². The van der Waals surface area contributed by atoms with Crippen molar-refractivity contribution in [2.45, 2.75) is 6.54 Å². The molecule has 21 heavy (non-hydrogen) atoms. The topological polar surface area (TPSA) is 72.9 Å². The first-order valence-electron chi connectivity index (χ1n) is 6.34. The molecule has 1 aromatic carbocycles. The molecule has 0 spiro atoms. The van der Waals surface area contributed by atoms with Gasteiger partial charge in [-0.1, -0.05) is 23.4 Å². The largest absolute Gasteiger partial charge is 0.348 e. The van der Waals surface area contributed by atoms with Gasteiger partial charge in [-0.2, -0.15) is 5.10 Å². The Morgan fingerprint density at radius 3 is 2.95 bits per heavy atom. The summed E-state index contributed by atoms with van der Waals surface area (Å²) >= 11 is 6.09. The van der Waals surface area contributed by atoms with Crippen LogP contribution in [-0.2, 0) is 13.6 Å². The van der Waals surface area contributed by atoms with Gasteiger partial charge in [0.05, 0.1) is 17.8 Å². The van der Waals surface area contributed by atoms with Crippen molar-refractivity contribution in [3.63, 3.8) is 0 Å². The maximum Gasteiger partial charge on any atom is 0.251 e. The molecular weight excluding hydrogens is 288 g/mol. The molecule has 0 unspecified atom stereocenters. The summed E-state index contributed by atoms with van der Waals surface area (Å²) in [6.45, 7) is 0.683. The Balaban J connectivity index is 2.04. The lowest BCUT2D eigenvalue weighted by Gasteiger charge is -2.05. The number of nitrogens with one attached hydrogen (secondary N) is 1. The van der Waals surface area contributed by atoms with E-state index < -0.39 is 0 Å². The molecule has 0 atom stereocenters. The van der Waals surface area contributed by atoms with Crippen LogP contribution in [0.5, 0.6) is 0 Å². The maximum absolute atomic E-state index is 12.0. The second-order valence-corrected chi connectivity index (χ2v) is 4.81. The van der Waals surface area contributed by atoms with Crippen LogP contribution in [-0.4, -0.2) is 22.2 Å². The molecule has 2 rings (SSSR count). The fourth-order valence-electron chi connectivity index (χ4n) is 1.75. The fourth-order valence-corrected chi connectivity index (χ4v) is 1.98. The molecule has 3 N–H and O–H groups in total. The number of hydrogen-bond acceptors (Lipinski definition) is 3. The van der Waals surface area contributed by atoms with Crippen molar-refractivity contribution in [2.24, 2.45) is 12.8 Å². The van der Waals surface area contributed by atoms with E-state index in [4.69, 9.17) is 17.3 Å². The molecule has 6 heteroatoms. The molecule has 108 valence electrons. The molecule has 2 aromatic rings. The lowest BCUT2D eigenvalue weighted by atomic mass is 10.1. The van der Waals surface area contributed by atoms with Crippen molar-refractivity contribution >= 4 is 17.5 Å². The Hall–Kier alpha value is -2.29. The molecule has 0 saturated carbocycles. The van der Waals surface area contributed by atoms with Gasteiger partial charge in [0.25, 0.3) is 5.91 Å². The summed E-state index contributed by atoms with van der Waals surface area (Å²) in [5.74, 6) is 5.38. The number of aryl methyl sites for hydroxylation is 1. The first-order chi connectivity index (χ1) is 10.1. The third-order valence-corrected chi connectivity index (χ3v) is 3.08. The van der Waals surface area contributed by atoms with E-state index in [-0.39, 0.29) is 12.5 Å². The smallest absolute Gasteiger partial charge is 0.251 e. The average Bonchev–Trinajstić information content (AvgIpc) is 2.89. The highest BCUT2D eigenvalue weighted by Crippen LogP contribution is 2.17. The van der Waals surface area contributed by atoms with E-state index in [2.05, 4.69) is 22.3 Å². The van der Waals surface area contributed by atoms with Crippen LogP contribution in [0.4, 0.5) is 0 Å². The van der Waals surface area contributed by atoms with Crippen LogP contribution in [0.3, 0.4) is 0 Å². The summed E-state index contributed by atoms with van der Waals surface area (Å²) in [7, 11) is 1.83. The van der Waals surface area contributed by atoms with Gasteiger partial charge in [0.1, 0.15) is 0 Å². The Morgan fingerprint density at radius 2 is 2.33 bits per heavy atom. The second-order valence-electron chi connectivity index (χ2n) is 4.41. The fraction of sp³-hybridized carbons (Fsp3) is 0.200. The van der Waals surface area contributed by atoms with Crippen molar-refractivity contribution < 1.29 is 4.79 Å². The number of hydrogen-bond donors (Lipinski definition) is 2. The van der Waals surface area contributed by atoms with E-state index >= 15 is 0 Å². The van der Waals surface area contributed by atoms with E-state index in [0.29, 0.717) is 22.7 Å². The highest BCUT2D eigenvalue weighted by molar-refractivity contribution is 6.32. The minimum atomic E-state index is -0.195. The Kier molecular flexibility index (Phi) is 4.99. The van der Waals surface area contributed by atoms with Gasteiger partial charge >= 0.3 is 0 Å². The predicted molar refractivity (Wildman–Crippen MR) is 81.8 cm³/mol. The SMILES string of the molecule is Cn1cc(CNC(=O)c2ccc(C#CCN)c(Cl)c2)cn1. The van der Waals surface area contributed by atoms with E-state index in [1.165, 1.54) is 0 Å². The Bertz CT molecular complexity index is 712. The molecule has 0 fully saturated rings. The lowest BCUT2D eigenvalue weighted by molar-refractivity contribution is 0.0951. The summed E-state index contributed by atoms with van der Waals surface area (Å²) in [6, 6.07) is 5.00. The van der Waals surface area contributed by atoms with Gasteiger partial charge in [0.15, 0.2) is 0 Å². The van der Waals surface area contributed by atoms with Gasteiger partial charge in [-0.25, -0.2) is 0 Å². The van der Waals surface area contributed by atoms with Crippen LogP contribution < -0.4 is 11.1 Å². The van der Waals surface area contributed by atoms with E-state index in [1.807, 2.05) is 13.2 Å². The third kappa shape index (κ3) is 4.09. The monoisotopic (exact) mass is 302 g/mol. The molecule has 0 bridgehead atoms. The molecule has 0 aliphatic heterocycles. The number of amides is 1. The first-order valence-corrected chi connectivity index (χ1v) is 6.72. The van der Waals surface area contributed by atoms with Gasteiger partial charge in [0, 0.05) is 36.5 Å². The van der Waals surface area contributed by atoms with Gasteiger partial charge in [-0.3, -0.25) is 9.48 Å². The van der Waals surface area contributed by atoms with E-state index in [9.17, 15) is 4.79 Å². The highest BCUT2D eigenvalue weighted by atomic mass is 35.5. The number of aromatic nitrogens is 2. The summed E-state index contributed by atoms with van der Waals surface area (Å²) in [6.07, 6.45) is 3.55. The van der Waals surface area contributed by atoms with Crippen LogP contribution in [0.1, 0.15) is 21.5 Å². The number of nitrogens with zero attached hydrogens (tertiary/aromatic N) is 2. The molecular formula is C15H15ClN4O. The summed E-state index contributed by atoms with van der Waals surface area (Å²) < 4.78 is 1.68. The minimum absolute atomic E-state index is 0.195. The quantitative estimate of drug-likeness (QED) is 0.840. The number of carbonyl (C=O) groups excluding carboxylic acids is 1. The van der Waals surface area contributed by atoms with Crippen LogP contribution in [0.15, 0.2) is 30.6 Å². The molecule has 0 radical (unpaired) electrons. The van der Waals surface area contributed by atoms with E-state index in [1.54, 1.807) is 29.1 Å². The highest BCUT2D eigenvalue weighted by Gasteiger charge is 2.08. The normalized spacial score (nSPS) is 9.86. The van der Waals surface area contributed by atoms with Crippen LogP contribution in [0.25, 0.3) is 0 Å². The zero-order chi connectivity index (χ0) is 15.2. The number of rotatable bonds is 3. The maximum atomic E-state index is 12.0. The molecule has 1 aromatic heterocycles. The zero-order valence-corrected chi connectivity index (χ0v) is 12.3. The third-order valence-electron chi connectivity index (χ3n) is 2.77. The van der Waals surface area contributed by atoms with Crippen LogP contribution in [0, 0.1) is 11.8 Å². The molecule has 1 amide bonds. The molecule has 0 aliphatic rings. The van der Waals surface area contributed by atoms with Crippen molar-refractivity contribution in [1.82, 2.24) is 15.1 Å². The van der Waals surface area contributed by atoms with Crippen molar-refractivity contribution in [3.8, 4) is 11.8 Å². The van der Waals surface area contributed by atoms with Crippen molar-refractivity contribution in [1.29, 1.82) is 0 Å². The van der Waals surface area contributed by atoms with Crippen molar-refractivity contribution in [2.75, 3.05) is 6.54 Å².